The first-order chi connectivity index (χ1) is 16.5. The van der Waals surface area contributed by atoms with E-state index in [1.54, 1.807) is 0 Å². The highest BCUT2D eigenvalue weighted by atomic mass is 32.2. The Morgan fingerprint density at radius 1 is 1.21 bits per heavy atom. The smallest absolute Gasteiger partial charge is 0.251 e. The van der Waals surface area contributed by atoms with Gasteiger partial charge in [0.2, 0.25) is 5.91 Å². The fraction of sp³-hybridized carbons (Fsp3) is 0.375. The van der Waals surface area contributed by atoms with Gasteiger partial charge in [0.15, 0.2) is 16.7 Å². The Labute approximate surface area is 205 Å². The van der Waals surface area contributed by atoms with Crippen molar-refractivity contribution in [3.63, 3.8) is 0 Å². The van der Waals surface area contributed by atoms with Crippen LogP contribution >= 0.6 is 23.1 Å². The molecule has 0 spiro atoms. The van der Waals surface area contributed by atoms with Gasteiger partial charge in [-0.05, 0) is 56.4 Å². The Morgan fingerprint density at radius 3 is 2.79 bits per heavy atom. The van der Waals surface area contributed by atoms with Crippen LogP contribution in [0.4, 0.5) is 5.00 Å². The van der Waals surface area contributed by atoms with Gasteiger partial charge < -0.3 is 25.1 Å². The van der Waals surface area contributed by atoms with Gasteiger partial charge in [-0.1, -0.05) is 11.8 Å². The van der Waals surface area contributed by atoms with Gasteiger partial charge in [-0.3, -0.25) is 9.59 Å². The molecule has 3 N–H and O–H groups in total. The normalized spacial score (nSPS) is 14.5. The van der Waals surface area contributed by atoms with Gasteiger partial charge in [-0.2, -0.15) is 0 Å². The van der Waals surface area contributed by atoms with Crippen LogP contribution in [0.5, 0.6) is 11.5 Å². The Balaban J connectivity index is 1.30. The minimum Gasteiger partial charge on any atom is -0.486 e. The molecule has 178 valence electrons. The van der Waals surface area contributed by atoms with Crippen LogP contribution in [0.15, 0.2) is 29.6 Å². The number of benzene rings is 1. The van der Waals surface area contributed by atoms with Crippen LogP contribution in [0.2, 0.25) is 0 Å². The second kappa shape index (κ2) is 9.71. The molecule has 2 aromatic heterocycles. The van der Waals surface area contributed by atoms with Crippen molar-refractivity contribution in [3.05, 3.63) is 40.4 Å². The minimum absolute atomic E-state index is 0.179. The van der Waals surface area contributed by atoms with Crippen LogP contribution in [0.1, 0.15) is 40.6 Å². The van der Waals surface area contributed by atoms with E-state index in [9.17, 15) is 9.59 Å². The summed E-state index contributed by atoms with van der Waals surface area (Å²) in [6, 6.07) is 5.86. The van der Waals surface area contributed by atoms with E-state index in [1.165, 1.54) is 23.1 Å². The van der Waals surface area contributed by atoms with Crippen LogP contribution in [-0.2, 0) is 24.2 Å². The van der Waals surface area contributed by atoms with E-state index in [4.69, 9.17) is 15.2 Å². The maximum atomic E-state index is 12.8. The third-order valence-corrected chi connectivity index (χ3v) is 8.17. The Hall–Kier alpha value is -2.98. The third-order valence-electron chi connectivity index (χ3n) is 5.98. The molecule has 2 amide bonds. The molecule has 0 radical (unpaired) electrons. The lowest BCUT2D eigenvalue weighted by atomic mass is 9.95. The molecule has 2 aliphatic rings. The zero-order valence-corrected chi connectivity index (χ0v) is 20.5. The molecular formula is C24H26N4O4S2. The summed E-state index contributed by atoms with van der Waals surface area (Å²) < 4.78 is 13.4. The molecule has 10 heteroatoms. The van der Waals surface area contributed by atoms with Crippen molar-refractivity contribution >= 4 is 39.9 Å². The zero-order valence-electron chi connectivity index (χ0n) is 18.9. The van der Waals surface area contributed by atoms with E-state index in [0.29, 0.717) is 30.3 Å². The van der Waals surface area contributed by atoms with E-state index < -0.39 is 5.91 Å². The molecule has 1 aromatic carbocycles. The predicted octanol–water partition coefficient (Wildman–Crippen LogP) is 4.11. The topological polar surface area (TPSA) is 108 Å². The van der Waals surface area contributed by atoms with Crippen molar-refractivity contribution in [2.45, 2.75) is 44.3 Å². The average Bonchev–Trinajstić information content (AvgIpc) is 3.43. The highest BCUT2D eigenvalue weighted by Crippen LogP contribution is 2.38. The van der Waals surface area contributed by atoms with E-state index in [1.807, 2.05) is 31.3 Å². The molecule has 0 saturated heterocycles. The number of hydrogen-bond donors (Lipinski definition) is 2. The first-order valence-electron chi connectivity index (χ1n) is 11.4. The minimum atomic E-state index is -0.479. The molecular weight excluding hydrogens is 472 g/mol. The van der Waals surface area contributed by atoms with Crippen LogP contribution < -0.4 is 20.5 Å². The van der Waals surface area contributed by atoms with Crippen LogP contribution in [0.3, 0.4) is 0 Å². The standard InChI is InChI=1S/C24H26N4O4S2/c1-2-28-16(14-7-8-17-18(11-14)32-10-9-31-17)12-26-24(28)33-13-20(29)27-23-21(22(25)30)15-5-3-4-6-19(15)34-23/h7-8,11-12H,2-6,9-10,13H2,1H3,(H2,25,30)(H,27,29). The van der Waals surface area contributed by atoms with Crippen molar-refractivity contribution < 1.29 is 19.1 Å². The number of thiophene rings is 1. The van der Waals surface area contributed by atoms with Crippen LogP contribution in [0, 0.1) is 0 Å². The number of aromatic nitrogens is 2. The predicted molar refractivity (Wildman–Crippen MR) is 133 cm³/mol. The number of hydrogen-bond acceptors (Lipinski definition) is 7. The second-order valence-electron chi connectivity index (χ2n) is 8.14. The molecule has 1 aliphatic heterocycles. The van der Waals surface area contributed by atoms with Gasteiger partial charge in [0.1, 0.15) is 18.2 Å². The van der Waals surface area contributed by atoms with E-state index in [-0.39, 0.29) is 11.7 Å². The SMILES string of the molecule is CCn1c(-c2ccc3c(c2)OCCO3)cnc1SCC(=O)Nc1sc2c(c1C(N)=O)CCCC2. The van der Waals surface area contributed by atoms with Crippen molar-refractivity contribution in [2.75, 3.05) is 24.3 Å². The Bertz CT molecular complexity index is 1250. The van der Waals surface area contributed by atoms with Crippen molar-refractivity contribution in [1.29, 1.82) is 0 Å². The van der Waals surface area contributed by atoms with Gasteiger partial charge in [0.25, 0.3) is 5.91 Å². The molecule has 0 bridgehead atoms. The Morgan fingerprint density at radius 2 is 2.00 bits per heavy atom. The number of rotatable bonds is 7. The summed E-state index contributed by atoms with van der Waals surface area (Å²) in [5, 5.41) is 4.24. The number of nitrogens with one attached hydrogen (secondary N) is 1. The summed E-state index contributed by atoms with van der Waals surface area (Å²) in [6.07, 6.45) is 5.72. The molecule has 8 nitrogen and oxygen atoms in total. The summed E-state index contributed by atoms with van der Waals surface area (Å²) >= 11 is 2.84. The number of ether oxygens (including phenoxy) is 2. The number of thioether (sulfide) groups is 1. The number of primary amides is 1. The number of carbonyl (C=O) groups is 2. The Kier molecular flexibility index (Phi) is 6.51. The molecule has 3 heterocycles. The fourth-order valence-electron chi connectivity index (χ4n) is 4.42. The lowest BCUT2D eigenvalue weighted by Gasteiger charge is -2.19. The first kappa shape index (κ1) is 22.8. The highest BCUT2D eigenvalue weighted by Gasteiger charge is 2.25. The molecule has 0 unspecified atom stereocenters. The van der Waals surface area contributed by atoms with Gasteiger partial charge in [-0.15, -0.1) is 11.3 Å². The number of nitrogens with zero attached hydrogens (tertiary/aromatic N) is 2. The number of carbonyl (C=O) groups excluding carboxylic acids is 2. The maximum absolute atomic E-state index is 12.8. The maximum Gasteiger partial charge on any atom is 0.251 e. The summed E-state index contributed by atoms with van der Waals surface area (Å²) in [4.78, 5) is 30.6. The summed E-state index contributed by atoms with van der Waals surface area (Å²) in [6.45, 7) is 3.83. The summed E-state index contributed by atoms with van der Waals surface area (Å²) in [5.74, 6) is 0.989. The number of nitrogens with two attached hydrogens (primary N) is 1. The van der Waals surface area contributed by atoms with Gasteiger partial charge in [-0.25, -0.2) is 4.98 Å². The zero-order chi connectivity index (χ0) is 23.7. The number of fused-ring (bicyclic) bond motifs is 2. The molecule has 0 fully saturated rings. The van der Waals surface area contributed by atoms with Crippen LogP contribution in [0.25, 0.3) is 11.3 Å². The highest BCUT2D eigenvalue weighted by molar-refractivity contribution is 7.99. The summed E-state index contributed by atoms with van der Waals surface area (Å²) in [5.41, 5.74) is 9.06. The van der Waals surface area contributed by atoms with E-state index in [0.717, 1.165) is 64.0 Å². The number of amides is 2. The van der Waals surface area contributed by atoms with Gasteiger partial charge >= 0.3 is 0 Å². The lowest BCUT2D eigenvalue weighted by Crippen LogP contribution is -2.19. The van der Waals surface area contributed by atoms with Crippen molar-refractivity contribution in [1.82, 2.24) is 9.55 Å². The molecule has 1 aliphatic carbocycles. The molecule has 0 atom stereocenters. The molecule has 5 rings (SSSR count). The fourth-order valence-corrected chi connectivity index (χ4v) is 6.57. The quantitative estimate of drug-likeness (QED) is 0.475. The number of imidazole rings is 1. The lowest BCUT2D eigenvalue weighted by molar-refractivity contribution is -0.113. The van der Waals surface area contributed by atoms with E-state index in [2.05, 4.69) is 14.9 Å². The first-order valence-corrected chi connectivity index (χ1v) is 13.2. The molecule has 3 aromatic rings. The summed E-state index contributed by atoms with van der Waals surface area (Å²) in [7, 11) is 0. The largest absolute Gasteiger partial charge is 0.486 e. The number of anilines is 1. The van der Waals surface area contributed by atoms with E-state index >= 15 is 0 Å². The van der Waals surface area contributed by atoms with Gasteiger partial charge in [0, 0.05) is 17.0 Å². The van der Waals surface area contributed by atoms with Crippen molar-refractivity contribution in [3.8, 4) is 22.8 Å². The van der Waals surface area contributed by atoms with Crippen molar-refractivity contribution in [2.24, 2.45) is 5.73 Å². The molecule has 34 heavy (non-hydrogen) atoms. The monoisotopic (exact) mass is 498 g/mol. The average molecular weight is 499 g/mol. The van der Waals surface area contributed by atoms with Gasteiger partial charge in [0.05, 0.1) is 23.2 Å². The third kappa shape index (κ3) is 4.39. The van der Waals surface area contributed by atoms with Crippen LogP contribution in [-0.4, -0.2) is 40.3 Å². The molecule has 0 saturated carbocycles. The second-order valence-corrected chi connectivity index (χ2v) is 10.2. The number of aryl methyl sites for hydroxylation is 1.